The first-order valence-corrected chi connectivity index (χ1v) is 9.58. The van der Waals surface area contributed by atoms with Crippen LogP contribution in [0.4, 0.5) is 0 Å². The van der Waals surface area contributed by atoms with E-state index >= 15 is 0 Å². The van der Waals surface area contributed by atoms with Crippen LogP contribution < -0.4 is 10.9 Å². The third kappa shape index (κ3) is 3.61. The highest BCUT2D eigenvalue weighted by atomic mass is 32.1. The van der Waals surface area contributed by atoms with Crippen molar-refractivity contribution in [3.8, 4) is 0 Å². The Kier molecular flexibility index (Phi) is 5.08. The van der Waals surface area contributed by atoms with E-state index in [1.54, 1.807) is 6.07 Å². The quantitative estimate of drug-likeness (QED) is 0.440. The summed E-state index contributed by atoms with van der Waals surface area (Å²) in [5.74, 6) is -0.103. The summed E-state index contributed by atoms with van der Waals surface area (Å²) in [6.07, 6.45) is 2.92. The molecule has 0 aliphatic rings. The third-order valence-corrected chi connectivity index (χ3v) is 5.17. The van der Waals surface area contributed by atoms with Gasteiger partial charge in [-0.15, -0.1) is 0 Å². The highest BCUT2D eigenvalue weighted by Crippen LogP contribution is 2.17. The van der Waals surface area contributed by atoms with Crippen LogP contribution in [0.25, 0.3) is 21.8 Å². The van der Waals surface area contributed by atoms with Crippen molar-refractivity contribution in [1.82, 2.24) is 19.9 Å². The number of amides is 1. The van der Waals surface area contributed by atoms with E-state index < -0.39 is 0 Å². The van der Waals surface area contributed by atoms with Crippen molar-refractivity contribution in [2.24, 2.45) is 0 Å². The lowest BCUT2D eigenvalue weighted by atomic mass is 10.1. The molecule has 0 bridgehead atoms. The molecule has 2 aromatic heterocycles. The molecular formula is C21H20N4O2S. The van der Waals surface area contributed by atoms with E-state index in [4.69, 9.17) is 12.2 Å². The number of carbonyl (C=O) groups is 1. The second-order valence-electron chi connectivity index (χ2n) is 6.64. The minimum Gasteiger partial charge on any atom is -0.361 e. The molecule has 3 N–H and O–H groups in total. The van der Waals surface area contributed by atoms with Gasteiger partial charge in [0.05, 0.1) is 10.9 Å². The Bertz CT molecular complexity index is 1270. The van der Waals surface area contributed by atoms with E-state index in [9.17, 15) is 9.59 Å². The van der Waals surface area contributed by atoms with Gasteiger partial charge in [-0.25, -0.2) is 0 Å². The summed E-state index contributed by atoms with van der Waals surface area (Å²) in [5.41, 5.74) is 2.79. The Hall–Kier alpha value is -3.19. The number of hydrogen-bond donors (Lipinski definition) is 3. The molecule has 142 valence electrons. The molecule has 4 rings (SSSR count). The monoisotopic (exact) mass is 392 g/mol. The maximum absolute atomic E-state index is 12.6. The van der Waals surface area contributed by atoms with Crippen LogP contribution in [0.2, 0.25) is 0 Å². The molecule has 0 saturated carbocycles. The molecule has 0 spiro atoms. The number of nitrogens with one attached hydrogen (secondary N) is 3. The summed E-state index contributed by atoms with van der Waals surface area (Å²) in [6, 6.07) is 15.3. The molecule has 4 aromatic rings. The predicted molar refractivity (Wildman–Crippen MR) is 113 cm³/mol. The highest BCUT2D eigenvalue weighted by molar-refractivity contribution is 7.71. The molecule has 2 aromatic carbocycles. The van der Waals surface area contributed by atoms with Gasteiger partial charge in [0, 0.05) is 36.6 Å². The van der Waals surface area contributed by atoms with Crippen LogP contribution in [0.15, 0.2) is 59.5 Å². The fraction of sp³-hybridized carbons (Fsp3) is 0.190. The van der Waals surface area contributed by atoms with Gasteiger partial charge >= 0.3 is 0 Å². The molecule has 0 atom stereocenters. The first-order valence-electron chi connectivity index (χ1n) is 9.17. The molecule has 6 nitrogen and oxygen atoms in total. The third-order valence-electron chi connectivity index (χ3n) is 4.84. The minimum atomic E-state index is -0.175. The van der Waals surface area contributed by atoms with Gasteiger partial charge < -0.3 is 15.3 Å². The maximum Gasteiger partial charge on any atom is 0.262 e. The van der Waals surface area contributed by atoms with Gasteiger partial charge in [-0.3, -0.25) is 14.2 Å². The molecule has 0 saturated heterocycles. The van der Waals surface area contributed by atoms with Crippen LogP contribution in [0.3, 0.4) is 0 Å². The number of benzene rings is 2. The Morgan fingerprint density at radius 2 is 1.75 bits per heavy atom. The Morgan fingerprint density at radius 1 is 1.04 bits per heavy atom. The number of aromatic nitrogens is 3. The van der Waals surface area contributed by atoms with Crippen LogP contribution in [-0.4, -0.2) is 27.0 Å². The van der Waals surface area contributed by atoms with Gasteiger partial charge in [0.25, 0.3) is 5.56 Å². The van der Waals surface area contributed by atoms with Gasteiger partial charge in [0.2, 0.25) is 5.91 Å². The maximum atomic E-state index is 12.6. The second kappa shape index (κ2) is 7.82. The predicted octanol–water partition coefficient (Wildman–Crippen LogP) is 3.29. The van der Waals surface area contributed by atoms with Gasteiger partial charge in [-0.2, -0.15) is 0 Å². The van der Waals surface area contributed by atoms with Crippen molar-refractivity contribution < 1.29 is 4.79 Å². The fourth-order valence-corrected chi connectivity index (χ4v) is 3.66. The van der Waals surface area contributed by atoms with Crippen LogP contribution >= 0.6 is 12.2 Å². The molecule has 0 fully saturated rings. The largest absolute Gasteiger partial charge is 0.361 e. The highest BCUT2D eigenvalue weighted by Gasteiger charge is 2.08. The summed E-state index contributed by atoms with van der Waals surface area (Å²) in [5, 5.41) is 4.66. The second-order valence-corrected chi connectivity index (χ2v) is 7.03. The van der Waals surface area contributed by atoms with E-state index in [2.05, 4.69) is 21.4 Å². The molecule has 1 amide bonds. The minimum absolute atomic E-state index is 0.103. The number of carbonyl (C=O) groups excluding carboxylic acids is 1. The number of fused-ring (bicyclic) bond motifs is 2. The first-order chi connectivity index (χ1) is 13.6. The van der Waals surface area contributed by atoms with Crippen molar-refractivity contribution in [3.05, 3.63) is 75.4 Å². The molecule has 0 aliphatic heterocycles. The van der Waals surface area contributed by atoms with E-state index in [1.807, 2.05) is 42.6 Å². The lowest BCUT2D eigenvalue weighted by Crippen LogP contribution is -2.29. The molecular weight excluding hydrogens is 372 g/mol. The normalized spacial score (nSPS) is 11.1. The molecule has 28 heavy (non-hydrogen) atoms. The summed E-state index contributed by atoms with van der Waals surface area (Å²) >= 11 is 5.28. The fourth-order valence-electron chi connectivity index (χ4n) is 3.38. The van der Waals surface area contributed by atoms with Crippen LogP contribution in [0.1, 0.15) is 12.0 Å². The number of aromatic amines is 2. The van der Waals surface area contributed by atoms with E-state index in [-0.39, 0.29) is 24.4 Å². The van der Waals surface area contributed by atoms with Gasteiger partial charge in [0.15, 0.2) is 4.77 Å². The molecule has 0 aliphatic carbocycles. The Labute approximate surface area is 166 Å². The summed E-state index contributed by atoms with van der Waals surface area (Å²) in [7, 11) is 0. The van der Waals surface area contributed by atoms with Gasteiger partial charge in [-0.05, 0) is 42.4 Å². The average molecular weight is 392 g/mol. The van der Waals surface area contributed by atoms with E-state index in [0.29, 0.717) is 22.2 Å². The van der Waals surface area contributed by atoms with E-state index in [1.165, 1.54) is 15.5 Å². The van der Waals surface area contributed by atoms with Crippen LogP contribution in [-0.2, 0) is 17.8 Å². The lowest BCUT2D eigenvalue weighted by Gasteiger charge is -2.09. The summed E-state index contributed by atoms with van der Waals surface area (Å²) in [6.45, 7) is 0.790. The first kappa shape index (κ1) is 18.2. The Balaban J connectivity index is 1.37. The Morgan fingerprint density at radius 3 is 2.57 bits per heavy atom. The van der Waals surface area contributed by atoms with Crippen molar-refractivity contribution in [3.63, 3.8) is 0 Å². The number of hydrogen-bond acceptors (Lipinski definition) is 3. The summed E-state index contributed by atoms with van der Waals surface area (Å²) < 4.78 is 1.77. The number of rotatable bonds is 6. The van der Waals surface area contributed by atoms with Crippen LogP contribution in [0.5, 0.6) is 0 Å². The topological polar surface area (TPSA) is 82.7 Å². The van der Waals surface area contributed by atoms with Gasteiger partial charge in [-0.1, -0.05) is 30.3 Å². The van der Waals surface area contributed by atoms with Gasteiger partial charge in [0.1, 0.15) is 0 Å². The SMILES string of the molecule is O=C(CCn1c(=S)[nH]c2ccccc2c1=O)NCCc1c[nH]c2ccccc12. The standard InChI is InChI=1S/C21H20N4O2S/c26-19(22-11-9-14-13-23-17-7-3-1-5-15(14)17)10-12-25-20(27)16-6-2-4-8-18(16)24-21(25)28/h1-8,13,23H,9-12H2,(H,22,26)(H,24,28). The molecule has 0 radical (unpaired) electrons. The number of H-pyrrole nitrogens is 2. The van der Waals surface area contributed by atoms with E-state index in [0.717, 1.165) is 11.9 Å². The van der Waals surface area contributed by atoms with Crippen molar-refractivity contribution >= 4 is 39.9 Å². The smallest absolute Gasteiger partial charge is 0.262 e. The number of nitrogens with zero attached hydrogens (tertiary/aromatic N) is 1. The average Bonchev–Trinajstić information content (AvgIpc) is 3.11. The van der Waals surface area contributed by atoms with Crippen LogP contribution in [0, 0.1) is 4.77 Å². The molecule has 2 heterocycles. The van der Waals surface area contributed by atoms with Crippen molar-refractivity contribution in [2.45, 2.75) is 19.4 Å². The zero-order chi connectivity index (χ0) is 19.5. The molecule has 7 heteroatoms. The van der Waals surface area contributed by atoms with Crippen molar-refractivity contribution in [2.75, 3.05) is 6.54 Å². The van der Waals surface area contributed by atoms with Crippen molar-refractivity contribution in [1.29, 1.82) is 0 Å². The zero-order valence-electron chi connectivity index (χ0n) is 15.2. The molecule has 0 unspecified atom stereocenters. The lowest BCUT2D eigenvalue weighted by molar-refractivity contribution is -0.121. The summed E-state index contributed by atoms with van der Waals surface area (Å²) in [4.78, 5) is 31.1. The number of para-hydroxylation sites is 2. The zero-order valence-corrected chi connectivity index (χ0v) is 16.0.